The normalized spacial score (nSPS) is 23.3. The van der Waals surface area contributed by atoms with Gasteiger partial charge < -0.3 is 5.32 Å². The molecule has 0 spiro atoms. The molecule has 0 saturated heterocycles. The Morgan fingerprint density at radius 1 is 1.42 bits per heavy atom. The second kappa shape index (κ2) is 5.59. The number of anilines is 1. The number of aromatic nitrogens is 2. The number of nitrogens with zero attached hydrogens (tertiary/aromatic N) is 3. The second-order valence-corrected chi connectivity index (χ2v) is 5.67. The maximum atomic E-state index is 11.1. The van der Waals surface area contributed by atoms with Crippen LogP contribution in [0.1, 0.15) is 38.3 Å². The molecule has 0 radical (unpaired) electrons. The van der Waals surface area contributed by atoms with Gasteiger partial charge in [-0.1, -0.05) is 19.8 Å². The first-order valence-electron chi connectivity index (χ1n) is 6.91. The fraction of sp³-hybridized carbons (Fsp3) is 0.769. The third kappa shape index (κ3) is 3.05. The number of hydrogen-bond acceptors (Lipinski definition) is 4. The van der Waals surface area contributed by atoms with E-state index in [0.717, 1.165) is 12.5 Å². The molecule has 1 fully saturated rings. The highest BCUT2D eigenvalue weighted by molar-refractivity contribution is 5.59. The van der Waals surface area contributed by atoms with Gasteiger partial charge in [0.15, 0.2) is 0 Å². The van der Waals surface area contributed by atoms with Gasteiger partial charge in [0.05, 0.1) is 4.92 Å². The van der Waals surface area contributed by atoms with Gasteiger partial charge in [0.1, 0.15) is 5.69 Å². The highest BCUT2D eigenvalue weighted by Crippen LogP contribution is 2.31. The van der Waals surface area contributed by atoms with Gasteiger partial charge in [-0.3, -0.25) is 10.1 Å². The summed E-state index contributed by atoms with van der Waals surface area (Å²) in [5, 5.41) is 18.4. The summed E-state index contributed by atoms with van der Waals surface area (Å²) in [7, 11) is 1.74. The minimum atomic E-state index is -0.354. The van der Waals surface area contributed by atoms with Crippen LogP contribution in [-0.4, -0.2) is 21.2 Å². The monoisotopic (exact) mass is 266 g/mol. The van der Waals surface area contributed by atoms with Crippen LogP contribution < -0.4 is 5.32 Å². The summed E-state index contributed by atoms with van der Waals surface area (Å²) in [4.78, 5) is 10.7. The largest absolute Gasteiger partial charge is 0.364 e. The van der Waals surface area contributed by atoms with Crippen molar-refractivity contribution in [1.29, 1.82) is 0 Å². The molecule has 0 atom stereocenters. The smallest absolute Gasteiger partial charge is 0.333 e. The van der Waals surface area contributed by atoms with Crippen molar-refractivity contribution < 1.29 is 4.92 Å². The van der Waals surface area contributed by atoms with Crippen molar-refractivity contribution >= 4 is 11.5 Å². The van der Waals surface area contributed by atoms with Crippen LogP contribution in [0.3, 0.4) is 0 Å². The van der Waals surface area contributed by atoms with Gasteiger partial charge in [-0.2, -0.15) is 5.10 Å². The Bertz CT molecular complexity index is 461. The van der Waals surface area contributed by atoms with Crippen molar-refractivity contribution in [1.82, 2.24) is 9.78 Å². The van der Waals surface area contributed by atoms with Crippen LogP contribution in [0.5, 0.6) is 0 Å². The van der Waals surface area contributed by atoms with Crippen LogP contribution in [0.15, 0.2) is 0 Å². The molecule has 2 rings (SSSR count). The fourth-order valence-corrected chi connectivity index (χ4v) is 2.84. The average molecular weight is 266 g/mol. The molecule has 1 aliphatic rings. The molecular weight excluding hydrogens is 244 g/mol. The lowest BCUT2D eigenvalue weighted by Gasteiger charge is -2.26. The van der Waals surface area contributed by atoms with Gasteiger partial charge in [-0.05, 0) is 31.6 Å². The lowest BCUT2D eigenvalue weighted by molar-refractivity contribution is -0.384. The standard InChI is InChI=1S/C13H22N4O2/c1-9-4-6-11(7-5-9)8-14-13-12(17(18)19)10(2)15-16(13)3/h9,11,14H,4-8H2,1-3H3. The Hall–Kier alpha value is -1.59. The van der Waals surface area contributed by atoms with E-state index >= 15 is 0 Å². The van der Waals surface area contributed by atoms with Crippen molar-refractivity contribution in [2.45, 2.75) is 39.5 Å². The van der Waals surface area contributed by atoms with E-state index in [2.05, 4.69) is 17.3 Å². The molecule has 0 unspecified atom stereocenters. The molecule has 1 aliphatic carbocycles. The highest BCUT2D eigenvalue weighted by Gasteiger charge is 2.25. The summed E-state index contributed by atoms with van der Waals surface area (Å²) in [5.41, 5.74) is 0.568. The summed E-state index contributed by atoms with van der Waals surface area (Å²) in [6.07, 6.45) is 4.94. The summed E-state index contributed by atoms with van der Waals surface area (Å²) >= 11 is 0. The third-order valence-corrected chi connectivity index (χ3v) is 4.07. The topological polar surface area (TPSA) is 73.0 Å². The van der Waals surface area contributed by atoms with Crippen LogP contribution in [0.25, 0.3) is 0 Å². The fourth-order valence-electron chi connectivity index (χ4n) is 2.84. The Balaban J connectivity index is 2.01. The van der Waals surface area contributed by atoms with Crippen LogP contribution >= 0.6 is 0 Å². The summed E-state index contributed by atoms with van der Waals surface area (Å²) < 4.78 is 1.57. The summed E-state index contributed by atoms with van der Waals surface area (Å²) in [6, 6.07) is 0. The summed E-state index contributed by atoms with van der Waals surface area (Å²) in [6.45, 7) is 4.76. The van der Waals surface area contributed by atoms with Crippen molar-refractivity contribution in [3.8, 4) is 0 Å². The van der Waals surface area contributed by atoms with Gasteiger partial charge in [0, 0.05) is 13.6 Å². The van der Waals surface area contributed by atoms with E-state index in [9.17, 15) is 10.1 Å². The number of hydrogen-bond donors (Lipinski definition) is 1. The van der Waals surface area contributed by atoms with Gasteiger partial charge in [-0.25, -0.2) is 4.68 Å². The van der Waals surface area contributed by atoms with E-state index < -0.39 is 0 Å². The minimum Gasteiger partial charge on any atom is -0.364 e. The van der Waals surface area contributed by atoms with Crippen molar-refractivity contribution in [3.63, 3.8) is 0 Å². The first-order chi connectivity index (χ1) is 8.99. The molecule has 6 nitrogen and oxygen atoms in total. The lowest BCUT2D eigenvalue weighted by Crippen LogP contribution is -2.21. The molecule has 1 aromatic heterocycles. The van der Waals surface area contributed by atoms with Gasteiger partial charge in [0.25, 0.3) is 0 Å². The van der Waals surface area contributed by atoms with E-state index in [-0.39, 0.29) is 10.6 Å². The van der Waals surface area contributed by atoms with Gasteiger partial charge in [0.2, 0.25) is 5.82 Å². The van der Waals surface area contributed by atoms with Crippen molar-refractivity contribution in [3.05, 3.63) is 15.8 Å². The Morgan fingerprint density at radius 3 is 2.63 bits per heavy atom. The Morgan fingerprint density at radius 2 is 2.05 bits per heavy atom. The van der Waals surface area contributed by atoms with E-state index in [1.54, 1.807) is 18.7 Å². The average Bonchev–Trinajstić information content (AvgIpc) is 2.63. The van der Waals surface area contributed by atoms with Crippen LogP contribution in [0.2, 0.25) is 0 Å². The maximum Gasteiger partial charge on any atom is 0.333 e. The lowest BCUT2D eigenvalue weighted by atomic mass is 9.83. The van der Waals surface area contributed by atoms with Gasteiger partial charge in [-0.15, -0.1) is 0 Å². The quantitative estimate of drug-likeness (QED) is 0.671. The van der Waals surface area contributed by atoms with E-state index in [1.807, 2.05) is 0 Å². The second-order valence-electron chi connectivity index (χ2n) is 5.67. The van der Waals surface area contributed by atoms with Crippen LogP contribution in [0.4, 0.5) is 11.5 Å². The first-order valence-corrected chi connectivity index (χ1v) is 6.91. The zero-order valence-corrected chi connectivity index (χ0v) is 11.8. The Kier molecular flexibility index (Phi) is 4.07. The predicted octanol–water partition coefficient (Wildman–Crippen LogP) is 2.87. The Labute approximate surface area is 113 Å². The third-order valence-electron chi connectivity index (χ3n) is 4.07. The molecule has 19 heavy (non-hydrogen) atoms. The van der Waals surface area contributed by atoms with E-state index in [4.69, 9.17) is 0 Å². The highest BCUT2D eigenvalue weighted by atomic mass is 16.6. The van der Waals surface area contributed by atoms with E-state index in [1.165, 1.54) is 25.7 Å². The molecular formula is C13H22N4O2. The van der Waals surface area contributed by atoms with Crippen LogP contribution in [-0.2, 0) is 7.05 Å². The number of aryl methyl sites for hydroxylation is 2. The van der Waals surface area contributed by atoms with Crippen molar-refractivity contribution in [2.75, 3.05) is 11.9 Å². The maximum absolute atomic E-state index is 11.1. The van der Waals surface area contributed by atoms with Crippen LogP contribution in [0, 0.1) is 28.9 Å². The molecule has 0 bridgehead atoms. The number of nitro groups is 1. The molecule has 1 heterocycles. The molecule has 6 heteroatoms. The zero-order chi connectivity index (χ0) is 14.0. The number of nitrogens with one attached hydrogen (secondary N) is 1. The number of rotatable bonds is 4. The zero-order valence-electron chi connectivity index (χ0n) is 11.8. The van der Waals surface area contributed by atoms with Crippen molar-refractivity contribution in [2.24, 2.45) is 18.9 Å². The van der Waals surface area contributed by atoms with Gasteiger partial charge >= 0.3 is 5.69 Å². The molecule has 0 aliphatic heterocycles. The molecule has 0 aromatic carbocycles. The molecule has 1 saturated carbocycles. The van der Waals surface area contributed by atoms with E-state index in [0.29, 0.717) is 17.4 Å². The molecule has 0 amide bonds. The molecule has 106 valence electrons. The molecule has 1 N–H and O–H groups in total. The first kappa shape index (κ1) is 13.8. The predicted molar refractivity (Wildman–Crippen MR) is 74.2 cm³/mol. The minimum absolute atomic E-state index is 0.103. The summed E-state index contributed by atoms with van der Waals surface area (Å²) in [5.74, 6) is 1.97. The SMILES string of the molecule is Cc1nn(C)c(NCC2CCC(C)CC2)c1[N+](=O)[O-]. The molecule has 1 aromatic rings.